The third-order valence-electron chi connectivity index (χ3n) is 6.94. The van der Waals surface area contributed by atoms with Gasteiger partial charge in [-0.25, -0.2) is 0 Å². The highest BCUT2D eigenvalue weighted by molar-refractivity contribution is 5.95. The van der Waals surface area contributed by atoms with E-state index in [0.717, 1.165) is 17.7 Å². The molecule has 1 saturated heterocycles. The number of benzene rings is 2. The Morgan fingerprint density at radius 1 is 1.12 bits per heavy atom. The Bertz CT molecular complexity index is 1390. The number of hydrogen-bond acceptors (Lipinski definition) is 7. The Morgan fingerprint density at radius 3 is 2.48 bits per heavy atom. The van der Waals surface area contributed by atoms with Crippen LogP contribution in [-0.4, -0.2) is 59.1 Å². The van der Waals surface area contributed by atoms with Crippen LogP contribution >= 0.6 is 12.4 Å². The van der Waals surface area contributed by atoms with E-state index in [-0.39, 0.29) is 49.1 Å². The molecule has 4 rings (SSSR count). The molecule has 2 heterocycles. The normalized spacial score (nSPS) is 16.6. The third kappa shape index (κ3) is 8.19. The average Bonchev–Trinajstić information content (AvgIpc) is 3.25. The number of ether oxygens (including phenoxy) is 2. The minimum atomic E-state index is -4.42. The van der Waals surface area contributed by atoms with Crippen molar-refractivity contribution in [2.75, 3.05) is 20.3 Å². The zero-order valence-electron chi connectivity index (χ0n) is 22.8. The van der Waals surface area contributed by atoms with E-state index in [4.69, 9.17) is 20.6 Å². The van der Waals surface area contributed by atoms with E-state index in [9.17, 15) is 22.8 Å². The van der Waals surface area contributed by atoms with Crippen LogP contribution < -0.4 is 10.5 Å². The molecule has 0 bridgehead atoms. The highest BCUT2D eigenvalue weighted by Crippen LogP contribution is 2.31. The van der Waals surface area contributed by atoms with Crippen LogP contribution in [0.25, 0.3) is 11.3 Å². The van der Waals surface area contributed by atoms with Crippen molar-refractivity contribution in [3.63, 3.8) is 0 Å². The van der Waals surface area contributed by atoms with E-state index in [1.807, 2.05) is 0 Å². The second-order valence-electron chi connectivity index (χ2n) is 9.76. The van der Waals surface area contributed by atoms with Gasteiger partial charge in [0.15, 0.2) is 0 Å². The quantitative estimate of drug-likeness (QED) is 0.185. The number of aromatic nitrogens is 2. The van der Waals surface area contributed by atoms with Crippen LogP contribution in [0.2, 0.25) is 0 Å². The van der Waals surface area contributed by atoms with Crippen LogP contribution in [0.15, 0.2) is 60.7 Å². The number of likely N-dealkylation sites (tertiary alicyclic amines) is 1. The molecule has 1 fully saturated rings. The molecular formula is C29H31ClF3N5O4. The van der Waals surface area contributed by atoms with Gasteiger partial charge in [0.2, 0.25) is 11.8 Å². The maximum absolute atomic E-state index is 13.1. The van der Waals surface area contributed by atoms with E-state index in [2.05, 4.69) is 10.2 Å². The van der Waals surface area contributed by atoms with Crippen LogP contribution in [0.3, 0.4) is 0 Å². The van der Waals surface area contributed by atoms with Crippen LogP contribution in [0.1, 0.15) is 36.0 Å². The fourth-order valence-electron chi connectivity index (χ4n) is 4.79. The number of nitrogens with two attached hydrogens (primary N) is 1. The summed E-state index contributed by atoms with van der Waals surface area (Å²) in [6, 6.07) is 15.2. The Morgan fingerprint density at radius 2 is 1.86 bits per heavy atom. The predicted octanol–water partition coefficient (Wildman–Crippen LogP) is 4.66. The Labute approximate surface area is 247 Å². The van der Waals surface area contributed by atoms with Crippen LogP contribution in [0.5, 0.6) is 5.88 Å². The summed E-state index contributed by atoms with van der Waals surface area (Å²) in [5, 5.41) is 15.8. The monoisotopic (exact) mass is 605 g/mol. The second kappa shape index (κ2) is 14.1. The molecule has 1 aromatic heterocycles. The number of aryl methyl sites for hydroxylation is 1. The van der Waals surface area contributed by atoms with Gasteiger partial charge in [-0.05, 0) is 37.0 Å². The van der Waals surface area contributed by atoms with E-state index < -0.39 is 23.6 Å². The summed E-state index contributed by atoms with van der Waals surface area (Å²) in [4.78, 5) is 26.6. The van der Waals surface area contributed by atoms with E-state index in [1.165, 1.54) is 13.2 Å². The number of alkyl halides is 3. The Balaban J connectivity index is 0.00000484. The summed E-state index contributed by atoms with van der Waals surface area (Å²) in [5.41, 5.74) is 7.28. The van der Waals surface area contributed by atoms with Gasteiger partial charge in [0.05, 0.1) is 36.7 Å². The van der Waals surface area contributed by atoms with Crippen molar-refractivity contribution in [3.05, 3.63) is 77.4 Å². The lowest BCUT2D eigenvalue weighted by Gasteiger charge is -2.24. The average molecular weight is 606 g/mol. The molecule has 1 aliphatic heterocycles. The van der Waals surface area contributed by atoms with Gasteiger partial charge in [0.25, 0.3) is 0 Å². The first-order valence-corrected chi connectivity index (χ1v) is 13.0. The molecule has 0 unspecified atom stereocenters. The first kappa shape index (κ1) is 32.3. The maximum atomic E-state index is 13.1. The number of amides is 1. The number of nitrogens with zero attached hydrogens (tertiary/aromatic N) is 3. The van der Waals surface area contributed by atoms with E-state index >= 15 is 0 Å². The fraction of sp³-hybridized carbons (Fsp3) is 0.345. The minimum Gasteiger partial charge on any atom is -0.474 e. The van der Waals surface area contributed by atoms with Gasteiger partial charge >= 0.3 is 12.1 Å². The number of hydrogen-bond donors (Lipinski definition) is 2. The fourth-order valence-corrected chi connectivity index (χ4v) is 4.79. The number of nitrogen functional groups attached to an aromatic ring is 1. The highest BCUT2D eigenvalue weighted by atomic mass is 35.5. The Kier molecular flexibility index (Phi) is 10.9. The first-order chi connectivity index (χ1) is 19.5. The molecule has 1 aliphatic rings. The lowest BCUT2D eigenvalue weighted by molar-refractivity contribution is -0.145. The molecule has 3 aromatic rings. The third-order valence-corrected chi connectivity index (χ3v) is 6.94. The van der Waals surface area contributed by atoms with E-state index in [1.54, 1.807) is 47.4 Å². The number of nitrogens with one attached hydrogen (secondary N) is 1. The van der Waals surface area contributed by atoms with Crippen molar-refractivity contribution >= 4 is 30.1 Å². The first-order valence-electron chi connectivity index (χ1n) is 13.0. The number of methoxy groups -OCH3 is 1. The number of carbonyl (C=O) groups is 2. The summed E-state index contributed by atoms with van der Waals surface area (Å²) in [5.74, 6) is -1.07. The minimum absolute atomic E-state index is 0. The molecule has 0 saturated carbocycles. The van der Waals surface area contributed by atoms with Gasteiger partial charge in [-0.15, -0.1) is 22.6 Å². The Hall–Kier alpha value is -4.19. The number of rotatable bonds is 11. The van der Waals surface area contributed by atoms with Crippen LogP contribution in [0, 0.1) is 11.3 Å². The van der Waals surface area contributed by atoms with Crippen molar-refractivity contribution in [3.8, 4) is 17.1 Å². The molecule has 224 valence electrons. The van der Waals surface area contributed by atoms with Crippen molar-refractivity contribution in [2.24, 2.45) is 11.7 Å². The van der Waals surface area contributed by atoms with Gasteiger partial charge in [-0.2, -0.15) is 13.2 Å². The predicted molar refractivity (Wildman–Crippen MR) is 151 cm³/mol. The molecule has 42 heavy (non-hydrogen) atoms. The molecule has 2 atom stereocenters. The van der Waals surface area contributed by atoms with Gasteiger partial charge < -0.3 is 20.1 Å². The van der Waals surface area contributed by atoms with E-state index in [0.29, 0.717) is 42.6 Å². The summed E-state index contributed by atoms with van der Waals surface area (Å²) >= 11 is 0. The molecule has 0 radical (unpaired) electrons. The molecule has 0 aliphatic carbocycles. The largest absolute Gasteiger partial charge is 0.474 e. The molecule has 0 spiro atoms. The lowest BCUT2D eigenvalue weighted by atomic mass is 10.0. The second-order valence-corrected chi connectivity index (χ2v) is 9.76. The van der Waals surface area contributed by atoms with Gasteiger partial charge in [0.1, 0.15) is 12.4 Å². The number of carbonyl (C=O) groups excluding carboxylic acids is 2. The summed E-state index contributed by atoms with van der Waals surface area (Å²) in [6.45, 7) is 0.399. The van der Waals surface area contributed by atoms with Crippen LogP contribution in [0.4, 0.5) is 13.2 Å². The SMILES string of the molecule is COC(=O)C[C@@H]1C[C@@H](COc2ccc(-c3ccc(C(=N)N)cc3)nn2)N(CCCc2cccc(C(F)(F)F)c2)C1=O.Cl. The van der Waals surface area contributed by atoms with Crippen molar-refractivity contribution in [1.29, 1.82) is 5.41 Å². The molecule has 13 heteroatoms. The van der Waals surface area contributed by atoms with Gasteiger partial charge in [-0.1, -0.05) is 42.5 Å². The number of halogens is 4. The zero-order chi connectivity index (χ0) is 29.6. The lowest BCUT2D eigenvalue weighted by Crippen LogP contribution is -2.38. The molecular weight excluding hydrogens is 575 g/mol. The summed E-state index contributed by atoms with van der Waals surface area (Å²) in [6.07, 6.45) is -3.33. The van der Waals surface area contributed by atoms with Crippen molar-refractivity contribution < 1.29 is 32.2 Å². The van der Waals surface area contributed by atoms with Crippen molar-refractivity contribution in [1.82, 2.24) is 15.1 Å². The topological polar surface area (TPSA) is 131 Å². The highest BCUT2D eigenvalue weighted by Gasteiger charge is 2.40. The number of amidine groups is 1. The number of esters is 1. The summed E-state index contributed by atoms with van der Waals surface area (Å²) in [7, 11) is 1.26. The van der Waals surface area contributed by atoms with Crippen molar-refractivity contribution in [2.45, 2.75) is 37.9 Å². The summed E-state index contributed by atoms with van der Waals surface area (Å²) < 4.78 is 49.8. The molecule has 3 N–H and O–H groups in total. The van der Waals surface area contributed by atoms with Crippen LogP contribution in [-0.2, 0) is 26.9 Å². The smallest absolute Gasteiger partial charge is 0.416 e. The molecule has 2 aromatic carbocycles. The van der Waals surface area contributed by atoms with Gasteiger partial charge in [-0.3, -0.25) is 15.0 Å². The maximum Gasteiger partial charge on any atom is 0.416 e. The molecule has 9 nitrogen and oxygen atoms in total. The standard InChI is InChI=1S/C29H30F3N5O4.ClH/c1-40-26(38)16-21-15-23(37(28(21)39)13-3-5-18-4-2-6-22(14-18)29(30,31)32)17-41-25-12-11-24(35-36-25)19-7-9-20(10-8-19)27(33)34;/h2,4,6-12,14,21,23H,3,5,13,15-17H2,1H3,(H3,33,34);1H/t21-,23-;/m0./s1. The molecule has 1 amide bonds. The van der Waals surface area contributed by atoms with Gasteiger partial charge in [0, 0.05) is 23.7 Å². The zero-order valence-corrected chi connectivity index (χ0v) is 23.6.